The van der Waals surface area contributed by atoms with Gasteiger partial charge in [-0.05, 0) is 20.3 Å². The van der Waals surface area contributed by atoms with E-state index in [9.17, 15) is 13.2 Å². The Morgan fingerprint density at radius 2 is 2.16 bits per heavy atom. The number of anilines is 3. The van der Waals surface area contributed by atoms with E-state index in [0.717, 1.165) is 6.20 Å². The lowest BCUT2D eigenvalue weighted by Crippen LogP contribution is -2.12. The quantitative estimate of drug-likeness (QED) is 0.878. The fraction of sp³-hybridized carbons (Fsp3) is 0.467. The summed E-state index contributed by atoms with van der Waals surface area (Å²) in [5, 5.41) is 18.8. The molecule has 25 heavy (non-hydrogen) atoms. The summed E-state index contributed by atoms with van der Waals surface area (Å²) in [6.07, 6.45) is -1.38. The Bertz CT molecular complexity index is 852. The van der Waals surface area contributed by atoms with Crippen molar-refractivity contribution in [2.24, 2.45) is 5.41 Å². The lowest BCUT2D eigenvalue weighted by Gasteiger charge is -2.12. The van der Waals surface area contributed by atoms with Crippen LogP contribution < -0.4 is 10.6 Å². The van der Waals surface area contributed by atoms with Crippen LogP contribution in [-0.4, -0.2) is 26.8 Å². The number of alkyl halides is 3. The van der Waals surface area contributed by atoms with Crippen molar-refractivity contribution in [1.29, 1.82) is 5.26 Å². The van der Waals surface area contributed by atoms with Gasteiger partial charge in [0, 0.05) is 19.4 Å². The minimum Gasteiger partial charge on any atom is -0.372 e. The summed E-state index contributed by atoms with van der Waals surface area (Å²) in [7, 11) is 1.36. The summed E-state index contributed by atoms with van der Waals surface area (Å²) in [4.78, 5) is 7.60. The monoisotopic (exact) mass is 351 g/mol. The summed E-state index contributed by atoms with van der Waals surface area (Å²) in [5.74, 6) is -0.284. The van der Waals surface area contributed by atoms with Crippen molar-refractivity contribution < 1.29 is 13.2 Å². The fourth-order valence-corrected chi connectivity index (χ4v) is 2.57. The molecule has 7 nitrogen and oxygen atoms in total. The van der Waals surface area contributed by atoms with Crippen molar-refractivity contribution >= 4 is 17.5 Å². The minimum atomic E-state index is -4.54. The molecule has 0 unspecified atom stereocenters. The van der Waals surface area contributed by atoms with Crippen molar-refractivity contribution in [3.63, 3.8) is 0 Å². The molecule has 1 aliphatic carbocycles. The van der Waals surface area contributed by atoms with E-state index in [4.69, 9.17) is 5.26 Å². The summed E-state index contributed by atoms with van der Waals surface area (Å²) in [6, 6.07) is 2.25. The number of rotatable bonds is 4. The number of halogens is 3. The Balaban J connectivity index is 1.84. The Hall–Kier alpha value is -2.83. The fourth-order valence-electron chi connectivity index (χ4n) is 2.57. The topological polar surface area (TPSA) is 91.5 Å². The maximum Gasteiger partial charge on any atom is 0.421 e. The number of hydrogen-bond donors (Lipinski definition) is 2. The molecule has 132 valence electrons. The molecule has 0 aliphatic heterocycles. The zero-order chi connectivity index (χ0) is 18.4. The molecule has 0 aromatic carbocycles. The molecule has 1 saturated carbocycles. The molecule has 0 saturated heterocycles. The van der Waals surface area contributed by atoms with Gasteiger partial charge in [0.1, 0.15) is 11.4 Å². The lowest BCUT2D eigenvalue weighted by atomic mass is 10.2. The van der Waals surface area contributed by atoms with Gasteiger partial charge in [0.2, 0.25) is 5.95 Å². The van der Waals surface area contributed by atoms with Crippen molar-refractivity contribution in [2.45, 2.75) is 32.5 Å². The van der Waals surface area contributed by atoms with Gasteiger partial charge >= 0.3 is 6.18 Å². The molecule has 2 aromatic heterocycles. The van der Waals surface area contributed by atoms with Crippen LogP contribution in [0.3, 0.4) is 0 Å². The highest BCUT2D eigenvalue weighted by molar-refractivity contribution is 5.58. The molecule has 0 amide bonds. The van der Waals surface area contributed by atoms with Gasteiger partial charge < -0.3 is 10.6 Å². The van der Waals surface area contributed by atoms with Crippen LogP contribution in [0.5, 0.6) is 0 Å². The van der Waals surface area contributed by atoms with Gasteiger partial charge in [0.05, 0.1) is 28.9 Å². The van der Waals surface area contributed by atoms with Gasteiger partial charge in [-0.2, -0.15) is 28.5 Å². The SMILES string of the molecule is CNc1nc(Nc2cn([C@@H]3C[C@]3(C)C#N)nc2C)ncc1C(F)(F)F. The molecule has 0 radical (unpaired) electrons. The van der Waals surface area contributed by atoms with Gasteiger partial charge in [-0.25, -0.2) is 4.98 Å². The summed E-state index contributed by atoms with van der Waals surface area (Å²) >= 11 is 0. The van der Waals surface area contributed by atoms with E-state index in [1.54, 1.807) is 17.8 Å². The highest BCUT2D eigenvalue weighted by Crippen LogP contribution is 2.55. The second-order valence-corrected chi connectivity index (χ2v) is 6.19. The average Bonchev–Trinajstić information content (AvgIpc) is 3.12. The Kier molecular flexibility index (Phi) is 3.82. The van der Waals surface area contributed by atoms with E-state index < -0.39 is 17.2 Å². The first-order valence-electron chi connectivity index (χ1n) is 7.54. The molecule has 2 N–H and O–H groups in total. The molecule has 2 heterocycles. The molecular weight excluding hydrogens is 335 g/mol. The van der Waals surface area contributed by atoms with Crippen molar-refractivity contribution in [1.82, 2.24) is 19.7 Å². The predicted molar refractivity (Wildman–Crippen MR) is 84.2 cm³/mol. The van der Waals surface area contributed by atoms with Gasteiger partial charge in [-0.15, -0.1) is 0 Å². The first-order valence-corrected chi connectivity index (χ1v) is 7.54. The van der Waals surface area contributed by atoms with Crippen LogP contribution in [0.1, 0.15) is 30.6 Å². The Morgan fingerprint density at radius 1 is 1.44 bits per heavy atom. The van der Waals surface area contributed by atoms with Crippen LogP contribution in [0.4, 0.5) is 30.6 Å². The summed E-state index contributed by atoms with van der Waals surface area (Å²) in [6.45, 7) is 3.62. The first kappa shape index (κ1) is 17.0. The molecular formula is C15H16F3N7. The van der Waals surface area contributed by atoms with Crippen LogP contribution in [0.15, 0.2) is 12.4 Å². The maximum absolute atomic E-state index is 12.9. The molecule has 0 bridgehead atoms. The van der Waals surface area contributed by atoms with E-state index >= 15 is 0 Å². The van der Waals surface area contributed by atoms with Gasteiger partial charge in [-0.3, -0.25) is 4.68 Å². The third-order valence-electron chi connectivity index (χ3n) is 4.26. The van der Waals surface area contributed by atoms with Crippen LogP contribution in [0, 0.1) is 23.7 Å². The largest absolute Gasteiger partial charge is 0.421 e. The number of aryl methyl sites for hydroxylation is 1. The number of nitrogens with one attached hydrogen (secondary N) is 2. The number of hydrogen-bond acceptors (Lipinski definition) is 6. The van der Waals surface area contributed by atoms with Crippen molar-refractivity contribution in [2.75, 3.05) is 17.7 Å². The third kappa shape index (κ3) is 3.09. The summed E-state index contributed by atoms with van der Waals surface area (Å²) < 4.78 is 40.3. The van der Waals surface area contributed by atoms with Gasteiger partial charge in [0.15, 0.2) is 0 Å². The van der Waals surface area contributed by atoms with Crippen molar-refractivity contribution in [3.8, 4) is 6.07 Å². The van der Waals surface area contributed by atoms with E-state index in [1.165, 1.54) is 7.05 Å². The van der Waals surface area contributed by atoms with Crippen molar-refractivity contribution in [3.05, 3.63) is 23.7 Å². The third-order valence-corrected chi connectivity index (χ3v) is 4.26. The number of nitriles is 1. The average molecular weight is 351 g/mol. The second-order valence-electron chi connectivity index (χ2n) is 6.19. The zero-order valence-corrected chi connectivity index (χ0v) is 13.8. The predicted octanol–water partition coefficient (Wildman–Crippen LogP) is 3.26. The second kappa shape index (κ2) is 5.61. The minimum absolute atomic E-state index is 0.00635. The molecule has 2 aromatic rings. The maximum atomic E-state index is 12.9. The Labute approximate surface area is 141 Å². The van der Waals surface area contributed by atoms with Gasteiger partial charge in [0.25, 0.3) is 0 Å². The molecule has 0 spiro atoms. The smallest absolute Gasteiger partial charge is 0.372 e. The molecule has 10 heteroatoms. The molecule has 1 aliphatic rings. The van der Waals surface area contributed by atoms with E-state index in [-0.39, 0.29) is 17.8 Å². The lowest BCUT2D eigenvalue weighted by molar-refractivity contribution is -0.137. The highest BCUT2D eigenvalue weighted by atomic mass is 19.4. The van der Waals surface area contributed by atoms with Crippen LogP contribution in [0.2, 0.25) is 0 Å². The number of nitrogens with zero attached hydrogens (tertiary/aromatic N) is 5. The molecule has 1 fully saturated rings. The highest BCUT2D eigenvalue weighted by Gasteiger charge is 2.53. The van der Waals surface area contributed by atoms with E-state index in [2.05, 4.69) is 31.8 Å². The molecule has 3 rings (SSSR count). The van der Waals surface area contributed by atoms with E-state index in [0.29, 0.717) is 17.8 Å². The standard InChI is InChI=1S/C15H16F3N7/c1-8-10(6-25(24-8)11-4-14(11,2)7-19)22-13-21-5-9(15(16,17)18)12(20-3)23-13/h5-6,11H,4H2,1-3H3,(H2,20,21,22,23)/t11-,14-/m1/s1. The van der Waals surface area contributed by atoms with Crippen LogP contribution in [-0.2, 0) is 6.18 Å². The first-order chi connectivity index (χ1) is 11.7. The van der Waals surface area contributed by atoms with Gasteiger partial charge in [-0.1, -0.05) is 0 Å². The van der Waals surface area contributed by atoms with E-state index in [1.807, 2.05) is 6.92 Å². The summed E-state index contributed by atoms with van der Waals surface area (Å²) in [5.41, 5.74) is -0.147. The Morgan fingerprint density at radius 3 is 2.72 bits per heavy atom. The van der Waals surface area contributed by atoms with Crippen LogP contribution in [0.25, 0.3) is 0 Å². The zero-order valence-electron chi connectivity index (χ0n) is 13.8. The van der Waals surface area contributed by atoms with Crippen LogP contribution >= 0.6 is 0 Å². The number of aromatic nitrogens is 4. The normalized spacial score (nSPS) is 22.4. The molecule has 2 atom stereocenters.